The van der Waals surface area contributed by atoms with Crippen LogP contribution in [0.25, 0.3) is 0 Å². The number of carbonyl (C=O) groups is 5. The van der Waals surface area contributed by atoms with E-state index < -0.39 is 42.0 Å². The molecule has 0 spiro atoms. The normalized spacial score (nSPS) is 22.0. The third-order valence-electron chi connectivity index (χ3n) is 8.71. The summed E-state index contributed by atoms with van der Waals surface area (Å²) in [5.41, 5.74) is 0.797. The van der Waals surface area contributed by atoms with Gasteiger partial charge in [-0.1, -0.05) is 19.9 Å². The molecule has 2 aliphatic heterocycles. The first-order chi connectivity index (χ1) is 24.4. The van der Waals surface area contributed by atoms with Gasteiger partial charge >= 0.3 is 0 Å². The summed E-state index contributed by atoms with van der Waals surface area (Å²) in [6, 6.07) is 7.41. The van der Waals surface area contributed by atoms with Crippen molar-refractivity contribution < 1.29 is 48.0 Å². The van der Waals surface area contributed by atoms with Crippen molar-refractivity contribution in [3.8, 4) is 23.0 Å². The van der Waals surface area contributed by atoms with Crippen LogP contribution in [-0.2, 0) is 30.5 Å². The van der Waals surface area contributed by atoms with Crippen molar-refractivity contribution >= 4 is 29.5 Å². The van der Waals surface area contributed by atoms with Crippen LogP contribution < -0.4 is 35.5 Å². The molecule has 2 bridgehead atoms. The second-order valence-corrected chi connectivity index (χ2v) is 12.9. The van der Waals surface area contributed by atoms with Crippen molar-refractivity contribution in [3.63, 3.8) is 0 Å². The molecule has 5 N–H and O–H groups in total. The SMILES string of the molecule is COc1ccc2cc1Oc1cccc(OC)c1CNC(=O)[C@@H](C(C)C)NC(=O)[C@H]([C@@H](C)O)NC(=O)CN(C(=O)[C@H]1CCCO1)CCCCNC2=O. The van der Waals surface area contributed by atoms with Crippen LogP contribution in [0.15, 0.2) is 36.4 Å². The number of fused-ring (bicyclic) bond motifs is 3. The van der Waals surface area contributed by atoms with E-state index in [4.69, 9.17) is 18.9 Å². The van der Waals surface area contributed by atoms with Crippen LogP contribution in [0.4, 0.5) is 0 Å². The Balaban J connectivity index is 1.66. The summed E-state index contributed by atoms with van der Waals surface area (Å²) in [5.74, 6) is -1.71. The fraction of sp³-hybridized carbons (Fsp3) is 0.528. The predicted molar refractivity (Wildman–Crippen MR) is 185 cm³/mol. The van der Waals surface area contributed by atoms with Gasteiger partial charge in [0.25, 0.3) is 11.8 Å². The minimum absolute atomic E-state index is 0.0646. The van der Waals surface area contributed by atoms with Gasteiger partial charge in [-0.3, -0.25) is 24.0 Å². The number of aliphatic hydroxyl groups is 1. The fourth-order valence-electron chi connectivity index (χ4n) is 5.86. The van der Waals surface area contributed by atoms with Crippen LogP contribution in [-0.4, -0.2) is 104 Å². The van der Waals surface area contributed by atoms with E-state index in [0.717, 1.165) is 6.42 Å². The highest BCUT2D eigenvalue weighted by Crippen LogP contribution is 2.37. The van der Waals surface area contributed by atoms with E-state index in [9.17, 15) is 29.1 Å². The zero-order valence-corrected chi connectivity index (χ0v) is 29.8. The molecule has 4 atom stereocenters. The standard InChI is InChI=1S/C36H49N5O10/c1-21(2)31-34(45)38-19-24-25(48-4)10-8-11-26(24)51-29-18-23(13-14-27(29)49-5)33(44)37-15-6-7-16-41(36(47)28-12-9-17-50-28)20-30(43)39-32(22(3)42)35(46)40-31/h8,10-11,13-14,18,21-22,28,31-32,42H,6-7,9,12,15-17,19-20H2,1-5H3,(H,37,44)(H,38,45)(H,39,43)(H,40,46)/t22-,28-,31-,32+/m1/s1. The third-order valence-corrected chi connectivity index (χ3v) is 8.71. The lowest BCUT2D eigenvalue weighted by molar-refractivity contribution is -0.144. The molecule has 51 heavy (non-hydrogen) atoms. The molecule has 15 heteroatoms. The van der Waals surface area contributed by atoms with Gasteiger partial charge in [-0.05, 0) is 68.9 Å². The van der Waals surface area contributed by atoms with Gasteiger partial charge in [0, 0.05) is 25.3 Å². The lowest BCUT2D eigenvalue weighted by Crippen LogP contribution is -2.59. The summed E-state index contributed by atoms with van der Waals surface area (Å²) in [4.78, 5) is 68.2. The van der Waals surface area contributed by atoms with Crippen LogP contribution in [0.2, 0.25) is 0 Å². The van der Waals surface area contributed by atoms with Crippen molar-refractivity contribution in [2.45, 2.75) is 77.3 Å². The summed E-state index contributed by atoms with van der Waals surface area (Å²) >= 11 is 0. The summed E-state index contributed by atoms with van der Waals surface area (Å²) in [6.07, 6.45) is 0.177. The largest absolute Gasteiger partial charge is 0.496 e. The van der Waals surface area contributed by atoms with Crippen molar-refractivity contribution in [1.29, 1.82) is 0 Å². The number of nitrogens with one attached hydrogen (secondary N) is 4. The van der Waals surface area contributed by atoms with Gasteiger partial charge in [-0.2, -0.15) is 0 Å². The van der Waals surface area contributed by atoms with E-state index >= 15 is 0 Å². The molecule has 0 aromatic heterocycles. The number of rotatable bonds is 5. The lowest BCUT2D eigenvalue weighted by Gasteiger charge is -2.28. The van der Waals surface area contributed by atoms with Crippen LogP contribution >= 0.6 is 0 Å². The van der Waals surface area contributed by atoms with Crippen molar-refractivity contribution in [1.82, 2.24) is 26.2 Å². The first-order valence-electron chi connectivity index (χ1n) is 17.2. The van der Waals surface area contributed by atoms with Gasteiger partial charge in [-0.25, -0.2) is 0 Å². The van der Waals surface area contributed by atoms with Gasteiger partial charge in [0.15, 0.2) is 11.5 Å². The zero-order chi connectivity index (χ0) is 37.1. The van der Waals surface area contributed by atoms with E-state index in [0.29, 0.717) is 54.2 Å². The number of benzene rings is 2. The van der Waals surface area contributed by atoms with Gasteiger partial charge in [0.2, 0.25) is 17.7 Å². The number of carbonyl (C=O) groups excluding carboxylic acids is 5. The number of nitrogens with zero attached hydrogens (tertiary/aromatic N) is 1. The molecule has 1 fully saturated rings. The molecule has 1 saturated heterocycles. The first-order valence-corrected chi connectivity index (χ1v) is 17.2. The molecular weight excluding hydrogens is 662 g/mol. The summed E-state index contributed by atoms with van der Waals surface area (Å²) in [5, 5.41) is 21.4. The molecule has 2 heterocycles. The number of hydrogen-bond donors (Lipinski definition) is 5. The van der Waals surface area contributed by atoms with Gasteiger partial charge in [-0.15, -0.1) is 0 Å². The van der Waals surface area contributed by atoms with Gasteiger partial charge in [0.05, 0.1) is 39.0 Å². The number of hydrogen-bond acceptors (Lipinski definition) is 10. The first kappa shape index (κ1) is 38.9. The van der Waals surface area contributed by atoms with Crippen LogP contribution in [0.3, 0.4) is 0 Å². The molecule has 4 rings (SSSR count). The van der Waals surface area contributed by atoms with E-state index in [-0.39, 0.29) is 49.7 Å². The molecule has 0 aliphatic carbocycles. The highest BCUT2D eigenvalue weighted by Gasteiger charge is 2.34. The van der Waals surface area contributed by atoms with Crippen LogP contribution in [0, 0.1) is 5.92 Å². The van der Waals surface area contributed by atoms with E-state index in [1.54, 1.807) is 50.2 Å². The molecule has 2 aliphatic rings. The average molecular weight is 712 g/mol. The fourth-order valence-corrected chi connectivity index (χ4v) is 5.86. The average Bonchev–Trinajstić information content (AvgIpc) is 3.65. The molecule has 5 amide bonds. The second-order valence-electron chi connectivity index (χ2n) is 12.9. The summed E-state index contributed by atoms with van der Waals surface area (Å²) in [7, 11) is 2.95. The molecule has 278 valence electrons. The predicted octanol–water partition coefficient (Wildman–Crippen LogP) is 1.65. The Kier molecular flexibility index (Phi) is 14.0. The number of amides is 5. The Morgan fingerprint density at radius 3 is 2.33 bits per heavy atom. The van der Waals surface area contributed by atoms with Crippen molar-refractivity contribution in [2.75, 3.05) is 40.5 Å². The number of aliphatic hydroxyl groups excluding tert-OH is 1. The van der Waals surface area contributed by atoms with Crippen molar-refractivity contribution in [3.05, 3.63) is 47.5 Å². The molecule has 0 radical (unpaired) electrons. The minimum Gasteiger partial charge on any atom is -0.496 e. The topological polar surface area (TPSA) is 194 Å². The number of ether oxygens (including phenoxy) is 4. The third kappa shape index (κ3) is 10.3. The molecule has 2 aromatic carbocycles. The summed E-state index contributed by atoms with van der Waals surface area (Å²) in [6.45, 7) is 5.30. The van der Waals surface area contributed by atoms with E-state index in [1.807, 2.05) is 0 Å². The van der Waals surface area contributed by atoms with Gasteiger partial charge < -0.3 is 50.2 Å². The Hall–Kier alpha value is -4.89. The maximum atomic E-state index is 13.6. The molecule has 0 unspecified atom stereocenters. The van der Waals surface area contributed by atoms with Crippen LogP contribution in [0.5, 0.6) is 23.0 Å². The van der Waals surface area contributed by atoms with Crippen LogP contribution in [0.1, 0.15) is 62.4 Å². The maximum absolute atomic E-state index is 13.6. The Labute approximate surface area is 297 Å². The zero-order valence-electron chi connectivity index (χ0n) is 29.8. The monoisotopic (exact) mass is 711 g/mol. The van der Waals surface area contributed by atoms with Crippen molar-refractivity contribution in [2.24, 2.45) is 5.92 Å². The second kappa shape index (κ2) is 18.4. The summed E-state index contributed by atoms with van der Waals surface area (Å²) < 4.78 is 22.9. The molecule has 0 saturated carbocycles. The highest BCUT2D eigenvalue weighted by molar-refractivity contribution is 5.95. The maximum Gasteiger partial charge on any atom is 0.252 e. The number of methoxy groups -OCH3 is 2. The molecule has 15 nitrogen and oxygen atoms in total. The van der Waals surface area contributed by atoms with E-state index in [2.05, 4.69) is 21.3 Å². The lowest BCUT2D eigenvalue weighted by atomic mass is 10.0. The Bertz CT molecular complexity index is 1560. The molecular formula is C36H49N5O10. The van der Waals surface area contributed by atoms with E-state index in [1.165, 1.54) is 26.0 Å². The minimum atomic E-state index is -1.41. The smallest absolute Gasteiger partial charge is 0.252 e. The highest BCUT2D eigenvalue weighted by atomic mass is 16.5. The quantitative estimate of drug-likeness (QED) is 0.305. The molecule has 2 aromatic rings. The van der Waals surface area contributed by atoms with Gasteiger partial charge in [0.1, 0.15) is 29.7 Å². The Morgan fingerprint density at radius 1 is 0.902 bits per heavy atom. The Morgan fingerprint density at radius 2 is 1.67 bits per heavy atom.